The summed E-state index contributed by atoms with van der Waals surface area (Å²) in [5, 5.41) is 3.50. The molecule has 10 aromatic rings. The van der Waals surface area contributed by atoms with E-state index in [1.165, 1.54) is 33.0 Å². The third kappa shape index (κ3) is 6.34. The first-order valence-electron chi connectivity index (χ1n) is 19.1. The zero-order valence-corrected chi connectivity index (χ0v) is 30.7. The summed E-state index contributed by atoms with van der Waals surface area (Å²) in [4.78, 5) is 2.37. The molecule has 0 saturated heterocycles. The van der Waals surface area contributed by atoms with Crippen molar-refractivity contribution in [2.24, 2.45) is 0 Å². The Morgan fingerprint density at radius 1 is 0.304 bits per heavy atom. The summed E-state index contributed by atoms with van der Waals surface area (Å²) in [6, 6.07) is 80.0. The van der Waals surface area contributed by atoms with Crippen LogP contribution in [0.2, 0.25) is 0 Å². The minimum Gasteiger partial charge on any atom is -0.456 e. The summed E-state index contributed by atoms with van der Waals surface area (Å²) in [5.41, 5.74) is 14.6. The van der Waals surface area contributed by atoms with Gasteiger partial charge >= 0.3 is 0 Å². The van der Waals surface area contributed by atoms with Crippen LogP contribution in [0.25, 0.3) is 77.6 Å². The third-order valence-corrected chi connectivity index (χ3v) is 10.7. The average Bonchev–Trinajstić information content (AvgIpc) is 3.72. The molecule has 0 aliphatic rings. The average molecular weight is 716 g/mol. The molecule has 2 nitrogen and oxygen atoms in total. The van der Waals surface area contributed by atoms with Gasteiger partial charge in [0.2, 0.25) is 0 Å². The van der Waals surface area contributed by atoms with E-state index in [0.717, 1.165) is 61.6 Å². The van der Waals surface area contributed by atoms with Gasteiger partial charge in [-0.15, -0.1) is 0 Å². The lowest BCUT2D eigenvalue weighted by Crippen LogP contribution is -2.10. The second kappa shape index (κ2) is 14.4. The second-order valence-electron chi connectivity index (χ2n) is 14.1. The van der Waals surface area contributed by atoms with E-state index in [9.17, 15) is 0 Å². The van der Waals surface area contributed by atoms with Gasteiger partial charge in [0.15, 0.2) is 0 Å². The van der Waals surface area contributed by atoms with E-state index in [1.807, 2.05) is 12.1 Å². The van der Waals surface area contributed by atoms with Crippen molar-refractivity contribution in [3.63, 3.8) is 0 Å². The van der Waals surface area contributed by atoms with Gasteiger partial charge in [0.25, 0.3) is 0 Å². The number of hydrogen-bond acceptors (Lipinski definition) is 2. The number of fused-ring (bicyclic) bond motifs is 2. The molecule has 10 rings (SSSR count). The van der Waals surface area contributed by atoms with Gasteiger partial charge in [-0.25, -0.2) is 0 Å². The Balaban J connectivity index is 1.04. The number of anilines is 3. The molecule has 0 spiro atoms. The number of nitrogens with zero attached hydrogens (tertiary/aromatic N) is 1. The summed E-state index contributed by atoms with van der Waals surface area (Å²) in [6.45, 7) is 0. The molecular weight excluding hydrogens is 679 g/mol. The highest BCUT2D eigenvalue weighted by Gasteiger charge is 2.18. The molecule has 0 atom stereocenters. The summed E-state index contributed by atoms with van der Waals surface area (Å²) < 4.78 is 6.45. The van der Waals surface area contributed by atoms with E-state index < -0.39 is 0 Å². The molecule has 0 fully saturated rings. The van der Waals surface area contributed by atoms with Gasteiger partial charge in [0.05, 0.1) is 5.69 Å². The molecule has 0 amide bonds. The van der Waals surface area contributed by atoms with Crippen LogP contribution in [-0.2, 0) is 0 Å². The van der Waals surface area contributed by atoms with Crippen molar-refractivity contribution in [1.82, 2.24) is 0 Å². The monoisotopic (exact) mass is 715 g/mol. The third-order valence-electron chi connectivity index (χ3n) is 10.7. The van der Waals surface area contributed by atoms with Gasteiger partial charge in [0, 0.05) is 27.7 Å². The van der Waals surface area contributed by atoms with Crippen molar-refractivity contribution >= 4 is 38.8 Å². The van der Waals surface area contributed by atoms with Crippen molar-refractivity contribution < 1.29 is 4.42 Å². The van der Waals surface area contributed by atoms with Crippen LogP contribution in [0.5, 0.6) is 0 Å². The Hall–Kier alpha value is -7.42. The Morgan fingerprint density at radius 2 is 0.804 bits per heavy atom. The van der Waals surface area contributed by atoms with Gasteiger partial charge in [-0.05, 0) is 104 Å². The molecule has 0 aliphatic carbocycles. The molecule has 0 saturated carbocycles. The topological polar surface area (TPSA) is 16.4 Å². The quantitative estimate of drug-likeness (QED) is 0.156. The number of benzene rings is 9. The van der Waals surface area contributed by atoms with E-state index in [1.54, 1.807) is 0 Å². The Labute approximate surface area is 327 Å². The zero-order chi connectivity index (χ0) is 37.3. The first-order valence-corrected chi connectivity index (χ1v) is 19.1. The van der Waals surface area contributed by atoms with Crippen LogP contribution in [0.15, 0.2) is 229 Å². The van der Waals surface area contributed by atoms with Gasteiger partial charge in [0.1, 0.15) is 11.3 Å². The minimum atomic E-state index is 0.862. The van der Waals surface area contributed by atoms with Gasteiger partial charge < -0.3 is 9.32 Å². The van der Waals surface area contributed by atoms with Crippen molar-refractivity contribution in [2.75, 3.05) is 4.90 Å². The van der Waals surface area contributed by atoms with Gasteiger partial charge in [-0.3, -0.25) is 0 Å². The van der Waals surface area contributed by atoms with E-state index in [0.29, 0.717) is 0 Å². The molecule has 1 aromatic heterocycles. The van der Waals surface area contributed by atoms with Crippen molar-refractivity contribution in [3.8, 4) is 55.8 Å². The highest BCUT2D eigenvalue weighted by Crippen LogP contribution is 2.42. The lowest BCUT2D eigenvalue weighted by molar-refractivity contribution is 0.632. The van der Waals surface area contributed by atoms with E-state index in [4.69, 9.17) is 4.42 Å². The molecular formula is C54H37NO. The van der Waals surface area contributed by atoms with Crippen LogP contribution >= 0.6 is 0 Å². The van der Waals surface area contributed by atoms with Gasteiger partial charge in [-0.2, -0.15) is 0 Å². The van der Waals surface area contributed by atoms with E-state index in [2.05, 4.69) is 217 Å². The molecule has 264 valence electrons. The number of para-hydroxylation sites is 1. The second-order valence-corrected chi connectivity index (χ2v) is 14.1. The maximum atomic E-state index is 6.45. The molecule has 0 radical (unpaired) electrons. The summed E-state index contributed by atoms with van der Waals surface area (Å²) in [6.07, 6.45) is 0. The predicted octanol–water partition coefficient (Wildman–Crippen LogP) is 15.4. The zero-order valence-electron chi connectivity index (χ0n) is 30.7. The maximum absolute atomic E-state index is 6.45. The van der Waals surface area contributed by atoms with Crippen LogP contribution < -0.4 is 4.90 Å². The molecule has 0 bridgehead atoms. The van der Waals surface area contributed by atoms with Crippen LogP contribution in [0.1, 0.15) is 0 Å². The highest BCUT2D eigenvalue weighted by molar-refractivity contribution is 5.99. The fourth-order valence-electron chi connectivity index (χ4n) is 7.86. The largest absolute Gasteiger partial charge is 0.456 e. The fourth-order valence-corrected chi connectivity index (χ4v) is 7.86. The molecule has 2 heteroatoms. The van der Waals surface area contributed by atoms with E-state index in [-0.39, 0.29) is 0 Å². The fraction of sp³-hybridized carbons (Fsp3) is 0. The summed E-state index contributed by atoms with van der Waals surface area (Å²) in [5.74, 6) is 0.862. The Morgan fingerprint density at radius 3 is 1.48 bits per heavy atom. The lowest BCUT2D eigenvalue weighted by Gasteiger charge is -2.27. The molecule has 9 aromatic carbocycles. The van der Waals surface area contributed by atoms with Crippen molar-refractivity contribution in [2.45, 2.75) is 0 Å². The number of furan rings is 1. The molecule has 0 aliphatic heterocycles. The number of hydrogen-bond donors (Lipinski definition) is 0. The molecule has 0 N–H and O–H groups in total. The van der Waals surface area contributed by atoms with Crippen LogP contribution in [0.3, 0.4) is 0 Å². The SMILES string of the molecule is c1ccc(-c2cccc(-c3ccc(N(c4ccc(-c5ccc(-c6ccccc6)c(-c6cc7ccccc7o6)c5)cc4)c4cccc5ccccc45)cc3)c2)cc1. The predicted molar refractivity (Wildman–Crippen MR) is 236 cm³/mol. The summed E-state index contributed by atoms with van der Waals surface area (Å²) >= 11 is 0. The normalized spacial score (nSPS) is 11.2. The summed E-state index contributed by atoms with van der Waals surface area (Å²) in [7, 11) is 0. The van der Waals surface area contributed by atoms with Crippen LogP contribution in [0, 0.1) is 0 Å². The minimum absolute atomic E-state index is 0.862. The molecule has 1 heterocycles. The van der Waals surface area contributed by atoms with Crippen LogP contribution in [0.4, 0.5) is 17.1 Å². The standard InChI is InChI=1S/C54H37NO/c1-3-13-38(14-4-1)43-20-11-21-44(35-43)39-25-30-47(31-26-39)55(52-23-12-19-42-17-7-9-22-50(42)52)48-32-27-40(28-33-48)45-29-34-49(41-15-5-2-6-16-41)51(36-45)54-37-46-18-8-10-24-53(46)56-54/h1-37H. The molecule has 56 heavy (non-hydrogen) atoms. The first kappa shape index (κ1) is 33.2. The highest BCUT2D eigenvalue weighted by atomic mass is 16.3. The van der Waals surface area contributed by atoms with E-state index >= 15 is 0 Å². The number of rotatable bonds is 8. The van der Waals surface area contributed by atoms with Crippen molar-refractivity contribution in [3.05, 3.63) is 224 Å². The Bertz CT molecular complexity index is 2910. The smallest absolute Gasteiger partial charge is 0.136 e. The van der Waals surface area contributed by atoms with Gasteiger partial charge in [-0.1, -0.05) is 170 Å². The Kier molecular flexibility index (Phi) is 8.55. The maximum Gasteiger partial charge on any atom is 0.136 e. The first-order chi connectivity index (χ1) is 27.7. The van der Waals surface area contributed by atoms with Crippen molar-refractivity contribution in [1.29, 1.82) is 0 Å². The lowest BCUT2D eigenvalue weighted by atomic mass is 9.93. The molecule has 0 unspecified atom stereocenters. The van der Waals surface area contributed by atoms with Crippen LogP contribution in [-0.4, -0.2) is 0 Å².